The van der Waals surface area contributed by atoms with Gasteiger partial charge in [0.05, 0.1) is 4.92 Å². The van der Waals surface area contributed by atoms with Gasteiger partial charge in [0.15, 0.2) is 18.2 Å². The molecule has 1 aromatic carbocycles. The van der Waals surface area contributed by atoms with Gasteiger partial charge in [0.25, 0.3) is 5.89 Å². The quantitative estimate of drug-likeness (QED) is 0.621. The van der Waals surface area contributed by atoms with Crippen LogP contribution < -0.4 is 4.74 Å². The van der Waals surface area contributed by atoms with Gasteiger partial charge in [-0.2, -0.15) is 4.98 Å². The summed E-state index contributed by atoms with van der Waals surface area (Å²) in [4.78, 5) is 14.4. The number of aromatic nitrogens is 2. The van der Waals surface area contributed by atoms with E-state index < -0.39 is 4.92 Å². The van der Waals surface area contributed by atoms with Crippen LogP contribution in [0.4, 0.5) is 5.69 Å². The zero-order chi connectivity index (χ0) is 14.7. The van der Waals surface area contributed by atoms with Crippen molar-refractivity contribution in [3.05, 3.63) is 45.1 Å². The normalized spacial score (nSPS) is 10.8. The monoisotopic (exact) mass is 297 g/mol. The Labute approximate surface area is 119 Å². The maximum atomic E-state index is 10.9. The van der Waals surface area contributed by atoms with Gasteiger partial charge in [0, 0.05) is 23.1 Å². The number of benzene rings is 1. The molecule has 0 aliphatic carbocycles. The lowest BCUT2D eigenvalue weighted by molar-refractivity contribution is -0.386. The lowest BCUT2D eigenvalue weighted by Crippen LogP contribution is -2.00. The van der Waals surface area contributed by atoms with Crippen molar-refractivity contribution < 1.29 is 14.2 Å². The van der Waals surface area contributed by atoms with Crippen molar-refractivity contribution in [2.45, 2.75) is 26.4 Å². The Morgan fingerprint density at radius 1 is 1.50 bits per heavy atom. The van der Waals surface area contributed by atoms with Crippen LogP contribution in [-0.2, 0) is 6.61 Å². The molecule has 2 aromatic rings. The third-order valence-electron chi connectivity index (χ3n) is 2.47. The van der Waals surface area contributed by atoms with E-state index in [4.69, 9.17) is 20.9 Å². The van der Waals surface area contributed by atoms with Crippen molar-refractivity contribution in [3.63, 3.8) is 0 Å². The molecule has 1 heterocycles. The van der Waals surface area contributed by atoms with Crippen molar-refractivity contribution in [3.8, 4) is 5.75 Å². The van der Waals surface area contributed by atoms with E-state index in [1.165, 1.54) is 18.2 Å². The highest BCUT2D eigenvalue weighted by Crippen LogP contribution is 2.30. The Morgan fingerprint density at radius 3 is 2.85 bits per heavy atom. The second-order valence-electron chi connectivity index (χ2n) is 4.36. The van der Waals surface area contributed by atoms with Crippen LogP contribution in [-0.4, -0.2) is 15.1 Å². The van der Waals surface area contributed by atoms with E-state index >= 15 is 0 Å². The maximum Gasteiger partial charge on any atom is 0.311 e. The van der Waals surface area contributed by atoms with Crippen molar-refractivity contribution in [2.75, 3.05) is 0 Å². The second-order valence-corrected chi connectivity index (χ2v) is 4.80. The number of nitrogens with zero attached hydrogens (tertiary/aromatic N) is 3. The molecule has 0 N–H and O–H groups in total. The van der Waals surface area contributed by atoms with Crippen LogP contribution in [0, 0.1) is 10.1 Å². The molecule has 0 aliphatic rings. The van der Waals surface area contributed by atoms with Gasteiger partial charge >= 0.3 is 5.69 Å². The first kappa shape index (κ1) is 14.3. The minimum absolute atomic E-state index is 0.0547. The second kappa shape index (κ2) is 5.87. The molecule has 0 saturated heterocycles. The Balaban J connectivity index is 2.13. The van der Waals surface area contributed by atoms with Gasteiger partial charge in [-0.15, -0.1) is 0 Å². The molecular formula is C12H12ClN3O4. The predicted molar refractivity (Wildman–Crippen MR) is 70.8 cm³/mol. The molecule has 0 aliphatic heterocycles. The number of rotatable bonds is 5. The van der Waals surface area contributed by atoms with E-state index in [-0.39, 0.29) is 29.9 Å². The van der Waals surface area contributed by atoms with E-state index in [1.54, 1.807) is 0 Å². The summed E-state index contributed by atoms with van der Waals surface area (Å²) in [6.45, 7) is 3.80. The van der Waals surface area contributed by atoms with Crippen molar-refractivity contribution in [1.82, 2.24) is 10.1 Å². The molecule has 0 saturated carbocycles. The summed E-state index contributed by atoms with van der Waals surface area (Å²) < 4.78 is 10.3. The molecule has 0 amide bonds. The summed E-state index contributed by atoms with van der Waals surface area (Å²) in [6.07, 6.45) is 0. The molecule has 0 bridgehead atoms. The van der Waals surface area contributed by atoms with Gasteiger partial charge in [-0.3, -0.25) is 10.1 Å². The molecule has 8 heteroatoms. The Kier molecular flexibility index (Phi) is 4.19. The highest BCUT2D eigenvalue weighted by Gasteiger charge is 2.17. The lowest BCUT2D eigenvalue weighted by Gasteiger charge is -2.04. The third kappa shape index (κ3) is 3.24. The van der Waals surface area contributed by atoms with Crippen LogP contribution in [0.1, 0.15) is 31.5 Å². The number of hydrogen-bond donors (Lipinski definition) is 0. The summed E-state index contributed by atoms with van der Waals surface area (Å²) in [5.41, 5.74) is -0.169. The first-order chi connectivity index (χ1) is 9.47. The fourth-order valence-corrected chi connectivity index (χ4v) is 1.62. The number of nitro groups is 1. The zero-order valence-electron chi connectivity index (χ0n) is 10.9. The number of ether oxygens (including phenoxy) is 1. The standard InChI is InChI=1S/C12H12ClN3O4/c1-7(2)12-14-11(20-15-12)6-19-10-5-8(13)3-4-9(10)16(17)18/h3-5,7H,6H2,1-2H3. The predicted octanol–water partition coefficient (Wildman–Crippen LogP) is 3.33. The van der Waals surface area contributed by atoms with Crippen LogP contribution >= 0.6 is 11.6 Å². The van der Waals surface area contributed by atoms with Crippen LogP contribution in [0.5, 0.6) is 5.75 Å². The third-order valence-corrected chi connectivity index (χ3v) is 2.70. The largest absolute Gasteiger partial charge is 0.477 e. The molecule has 1 aromatic heterocycles. The fourth-order valence-electron chi connectivity index (χ4n) is 1.46. The van der Waals surface area contributed by atoms with Gasteiger partial charge in [-0.05, 0) is 6.07 Å². The number of halogens is 1. The SMILES string of the molecule is CC(C)c1noc(COc2cc(Cl)ccc2[N+](=O)[O-])n1. The van der Waals surface area contributed by atoms with E-state index in [9.17, 15) is 10.1 Å². The lowest BCUT2D eigenvalue weighted by atomic mass is 10.2. The first-order valence-electron chi connectivity index (χ1n) is 5.86. The van der Waals surface area contributed by atoms with Gasteiger partial charge in [-0.25, -0.2) is 0 Å². The van der Waals surface area contributed by atoms with Gasteiger partial charge in [-0.1, -0.05) is 30.6 Å². The molecule has 0 fully saturated rings. The Bertz CT molecular complexity index is 627. The highest BCUT2D eigenvalue weighted by atomic mass is 35.5. The van der Waals surface area contributed by atoms with Gasteiger partial charge < -0.3 is 9.26 Å². The van der Waals surface area contributed by atoms with Crippen molar-refractivity contribution >= 4 is 17.3 Å². The van der Waals surface area contributed by atoms with Crippen LogP contribution in [0.25, 0.3) is 0 Å². The van der Waals surface area contributed by atoms with Gasteiger partial charge in [0.1, 0.15) is 0 Å². The average molecular weight is 298 g/mol. The molecule has 0 spiro atoms. The first-order valence-corrected chi connectivity index (χ1v) is 6.24. The number of nitro benzene ring substituents is 1. The van der Waals surface area contributed by atoms with E-state index in [1.807, 2.05) is 13.8 Å². The minimum Gasteiger partial charge on any atom is -0.477 e. The minimum atomic E-state index is -0.543. The van der Waals surface area contributed by atoms with Crippen molar-refractivity contribution in [2.24, 2.45) is 0 Å². The van der Waals surface area contributed by atoms with Crippen molar-refractivity contribution in [1.29, 1.82) is 0 Å². The molecule has 2 rings (SSSR count). The van der Waals surface area contributed by atoms with Crippen LogP contribution in [0.2, 0.25) is 5.02 Å². The maximum absolute atomic E-state index is 10.9. The molecule has 0 atom stereocenters. The van der Waals surface area contributed by atoms with Crippen LogP contribution in [0.3, 0.4) is 0 Å². The highest BCUT2D eigenvalue weighted by molar-refractivity contribution is 6.30. The molecule has 106 valence electrons. The summed E-state index contributed by atoms with van der Waals surface area (Å²) in [7, 11) is 0. The summed E-state index contributed by atoms with van der Waals surface area (Å²) >= 11 is 5.79. The molecule has 7 nitrogen and oxygen atoms in total. The Hall–Kier alpha value is -2.15. The molecule has 20 heavy (non-hydrogen) atoms. The summed E-state index contributed by atoms with van der Waals surface area (Å²) in [6, 6.07) is 4.08. The Morgan fingerprint density at radius 2 is 2.25 bits per heavy atom. The number of hydrogen-bond acceptors (Lipinski definition) is 6. The zero-order valence-corrected chi connectivity index (χ0v) is 11.6. The summed E-state index contributed by atoms with van der Waals surface area (Å²) in [5, 5.41) is 15.0. The van der Waals surface area contributed by atoms with E-state index in [0.717, 1.165) is 0 Å². The average Bonchev–Trinajstić information content (AvgIpc) is 2.85. The summed E-state index contributed by atoms with van der Waals surface area (Å²) in [5.74, 6) is 1.01. The van der Waals surface area contributed by atoms with E-state index in [0.29, 0.717) is 10.8 Å². The fraction of sp³-hybridized carbons (Fsp3) is 0.333. The molecule has 0 unspecified atom stereocenters. The van der Waals surface area contributed by atoms with Gasteiger partial charge in [0.2, 0.25) is 0 Å². The van der Waals surface area contributed by atoms with E-state index in [2.05, 4.69) is 10.1 Å². The van der Waals surface area contributed by atoms with Crippen LogP contribution in [0.15, 0.2) is 22.7 Å². The topological polar surface area (TPSA) is 91.3 Å². The molecule has 0 radical (unpaired) electrons. The smallest absolute Gasteiger partial charge is 0.311 e. The molecular weight excluding hydrogens is 286 g/mol.